The van der Waals surface area contributed by atoms with Crippen LogP contribution in [-0.2, 0) is 11.2 Å². The molecular weight excluding hydrogens is 394 g/mol. The Bertz CT molecular complexity index is 1030. The molecule has 0 saturated carbocycles. The summed E-state index contributed by atoms with van der Waals surface area (Å²) in [5.74, 6) is 0.0522. The van der Waals surface area contributed by atoms with Crippen LogP contribution in [0.25, 0.3) is 11.1 Å². The summed E-state index contributed by atoms with van der Waals surface area (Å²) in [6.45, 7) is 0.780. The van der Waals surface area contributed by atoms with E-state index in [2.05, 4.69) is 42.2 Å². The number of rotatable bonds is 7. The molecule has 5 heteroatoms. The van der Waals surface area contributed by atoms with Gasteiger partial charge in [-0.15, -0.1) is 12.6 Å². The van der Waals surface area contributed by atoms with Crippen molar-refractivity contribution in [2.75, 3.05) is 13.2 Å². The SMILES string of the molecule is O=C(NCCCc1ccccc1C(=O)S)OCC1c2ccccc2-c2ccccc21. The largest absolute Gasteiger partial charge is 0.449 e. The van der Waals surface area contributed by atoms with Gasteiger partial charge in [-0.3, -0.25) is 4.79 Å². The van der Waals surface area contributed by atoms with Crippen molar-refractivity contribution >= 4 is 23.8 Å². The van der Waals surface area contributed by atoms with Crippen LogP contribution in [0, 0.1) is 0 Å². The second-order valence-electron chi connectivity index (χ2n) is 7.32. The van der Waals surface area contributed by atoms with Crippen LogP contribution in [-0.4, -0.2) is 24.4 Å². The molecule has 0 fully saturated rings. The van der Waals surface area contributed by atoms with Crippen molar-refractivity contribution in [1.29, 1.82) is 0 Å². The van der Waals surface area contributed by atoms with Gasteiger partial charge in [0.15, 0.2) is 0 Å². The van der Waals surface area contributed by atoms with E-state index >= 15 is 0 Å². The van der Waals surface area contributed by atoms with Gasteiger partial charge < -0.3 is 10.1 Å². The minimum absolute atomic E-state index is 0.0522. The smallest absolute Gasteiger partial charge is 0.407 e. The molecule has 1 aliphatic carbocycles. The first kappa shape index (κ1) is 20.2. The van der Waals surface area contributed by atoms with E-state index in [1.165, 1.54) is 22.3 Å². The maximum absolute atomic E-state index is 12.2. The number of alkyl carbamates (subject to hydrolysis) is 1. The van der Waals surface area contributed by atoms with Gasteiger partial charge in [0, 0.05) is 18.0 Å². The molecule has 152 valence electrons. The Balaban J connectivity index is 1.29. The van der Waals surface area contributed by atoms with Crippen LogP contribution in [0.3, 0.4) is 0 Å². The lowest BCUT2D eigenvalue weighted by Crippen LogP contribution is -2.27. The van der Waals surface area contributed by atoms with Gasteiger partial charge in [-0.2, -0.15) is 0 Å². The maximum atomic E-state index is 12.2. The first-order chi connectivity index (χ1) is 14.6. The molecule has 1 aliphatic rings. The van der Waals surface area contributed by atoms with E-state index in [0.29, 0.717) is 31.6 Å². The fourth-order valence-electron chi connectivity index (χ4n) is 4.07. The van der Waals surface area contributed by atoms with Crippen LogP contribution in [0.15, 0.2) is 72.8 Å². The Morgan fingerprint density at radius 2 is 1.47 bits per heavy atom. The minimum Gasteiger partial charge on any atom is -0.449 e. The van der Waals surface area contributed by atoms with E-state index in [0.717, 1.165) is 5.56 Å². The van der Waals surface area contributed by atoms with Crippen molar-refractivity contribution in [3.8, 4) is 11.1 Å². The number of nitrogens with one attached hydrogen (secondary N) is 1. The molecule has 4 nitrogen and oxygen atoms in total. The summed E-state index contributed by atoms with van der Waals surface area (Å²) in [6.07, 6.45) is 0.976. The third-order valence-electron chi connectivity index (χ3n) is 5.48. The van der Waals surface area contributed by atoms with Crippen LogP contribution in [0.5, 0.6) is 0 Å². The highest BCUT2D eigenvalue weighted by Gasteiger charge is 2.28. The van der Waals surface area contributed by atoms with Crippen LogP contribution in [0.4, 0.5) is 4.79 Å². The number of carbonyl (C=O) groups excluding carboxylic acids is 2. The van der Waals surface area contributed by atoms with Gasteiger partial charge in [0.2, 0.25) is 5.12 Å². The summed E-state index contributed by atoms with van der Waals surface area (Å²) in [6, 6.07) is 23.9. The highest BCUT2D eigenvalue weighted by Crippen LogP contribution is 2.44. The molecule has 1 amide bonds. The molecule has 0 aliphatic heterocycles. The van der Waals surface area contributed by atoms with Gasteiger partial charge in [-0.25, -0.2) is 4.79 Å². The van der Waals surface area contributed by atoms with E-state index in [1.54, 1.807) is 6.07 Å². The third-order valence-corrected chi connectivity index (χ3v) is 5.72. The van der Waals surface area contributed by atoms with Gasteiger partial charge in [0.25, 0.3) is 0 Å². The number of benzene rings is 3. The Labute approximate surface area is 181 Å². The van der Waals surface area contributed by atoms with Crippen molar-refractivity contribution in [3.63, 3.8) is 0 Å². The van der Waals surface area contributed by atoms with E-state index in [-0.39, 0.29) is 11.0 Å². The zero-order valence-electron chi connectivity index (χ0n) is 16.5. The molecule has 3 aromatic rings. The molecule has 4 rings (SSSR count). The molecule has 0 aromatic heterocycles. The number of carbonyl (C=O) groups is 2. The van der Waals surface area contributed by atoms with Crippen molar-refractivity contribution < 1.29 is 14.3 Å². The number of fused-ring (bicyclic) bond motifs is 3. The Morgan fingerprint density at radius 3 is 2.13 bits per heavy atom. The second kappa shape index (κ2) is 9.18. The molecule has 3 aromatic carbocycles. The van der Waals surface area contributed by atoms with Gasteiger partial charge >= 0.3 is 6.09 Å². The van der Waals surface area contributed by atoms with Crippen molar-refractivity contribution in [3.05, 3.63) is 95.1 Å². The topological polar surface area (TPSA) is 55.4 Å². The minimum atomic E-state index is -0.421. The number of thiol groups is 1. The molecule has 0 spiro atoms. The van der Waals surface area contributed by atoms with E-state index in [1.807, 2.05) is 42.5 Å². The standard InChI is InChI=1S/C25H23NO3S/c27-24(30)18-10-2-1-8-17(18)9-7-15-26-25(28)29-16-23-21-13-5-3-11-19(21)20-12-4-6-14-22(20)23/h1-6,8,10-14,23H,7,9,15-16H2,(H,26,28)(H,27,30). The van der Waals surface area contributed by atoms with E-state index in [4.69, 9.17) is 4.74 Å². The van der Waals surface area contributed by atoms with Crippen LogP contribution < -0.4 is 5.32 Å². The zero-order valence-corrected chi connectivity index (χ0v) is 17.4. The number of aryl methyl sites for hydroxylation is 1. The van der Waals surface area contributed by atoms with E-state index in [9.17, 15) is 9.59 Å². The fourth-order valence-corrected chi connectivity index (χ4v) is 4.28. The zero-order chi connectivity index (χ0) is 20.9. The highest BCUT2D eigenvalue weighted by atomic mass is 32.1. The summed E-state index contributed by atoms with van der Waals surface area (Å²) < 4.78 is 5.54. The van der Waals surface area contributed by atoms with Gasteiger partial charge in [-0.1, -0.05) is 72.8 Å². The lowest BCUT2D eigenvalue weighted by Gasteiger charge is -2.14. The predicted octanol–water partition coefficient (Wildman–Crippen LogP) is 5.23. The molecule has 0 saturated heterocycles. The molecule has 30 heavy (non-hydrogen) atoms. The number of hydrogen-bond donors (Lipinski definition) is 2. The second-order valence-corrected chi connectivity index (χ2v) is 7.72. The average Bonchev–Trinajstić information content (AvgIpc) is 3.09. The van der Waals surface area contributed by atoms with Crippen molar-refractivity contribution in [2.45, 2.75) is 18.8 Å². The number of hydrogen-bond acceptors (Lipinski definition) is 3. The quantitative estimate of drug-likeness (QED) is 0.409. The van der Waals surface area contributed by atoms with Crippen LogP contribution in [0.1, 0.15) is 39.4 Å². The van der Waals surface area contributed by atoms with Crippen LogP contribution >= 0.6 is 12.6 Å². The molecular formula is C25H23NO3S. The lowest BCUT2D eigenvalue weighted by atomic mass is 9.98. The van der Waals surface area contributed by atoms with E-state index < -0.39 is 6.09 Å². The summed E-state index contributed by atoms with van der Waals surface area (Å²) in [5, 5.41) is 2.57. The summed E-state index contributed by atoms with van der Waals surface area (Å²) in [4.78, 5) is 23.8. The predicted molar refractivity (Wildman–Crippen MR) is 121 cm³/mol. The first-order valence-electron chi connectivity index (χ1n) is 10.0. The fraction of sp³-hybridized carbons (Fsp3) is 0.200. The number of ether oxygens (including phenoxy) is 1. The molecule has 0 heterocycles. The highest BCUT2D eigenvalue weighted by molar-refractivity contribution is 7.97. The van der Waals surface area contributed by atoms with Crippen LogP contribution in [0.2, 0.25) is 0 Å². The van der Waals surface area contributed by atoms with Gasteiger partial charge in [0.1, 0.15) is 6.61 Å². The number of amides is 1. The van der Waals surface area contributed by atoms with Gasteiger partial charge in [-0.05, 0) is 40.7 Å². The molecule has 0 atom stereocenters. The Kier molecular flexibility index (Phi) is 6.19. The molecule has 1 N–H and O–H groups in total. The molecule has 0 unspecified atom stereocenters. The van der Waals surface area contributed by atoms with Crippen molar-refractivity contribution in [1.82, 2.24) is 5.32 Å². The summed E-state index contributed by atoms with van der Waals surface area (Å²) in [7, 11) is 0. The maximum Gasteiger partial charge on any atom is 0.407 e. The monoisotopic (exact) mass is 417 g/mol. The molecule has 0 bridgehead atoms. The lowest BCUT2D eigenvalue weighted by molar-refractivity contribution is 0.109. The van der Waals surface area contributed by atoms with Crippen molar-refractivity contribution in [2.24, 2.45) is 0 Å². The first-order valence-corrected chi connectivity index (χ1v) is 10.5. The summed E-state index contributed by atoms with van der Waals surface area (Å²) >= 11 is 3.92. The Hall–Kier alpha value is -3.05. The Morgan fingerprint density at radius 1 is 0.867 bits per heavy atom. The third kappa shape index (κ3) is 4.26. The average molecular weight is 418 g/mol. The van der Waals surface area contributed by atoms with Gasteiger partial charge in [0.05, 0.1) is 0 Å². The normalized spacial score (nSPS) is 12.2. The summed E-state index contributed by atoms with van der Waals surface area (Å²) in [5.41, 5.74) is 6.35. The molecule has 0 radical (unpaired) electrons.